The van der Waals surface area contributed by atoms with Gasteiger partial charge in [-0.25, -0.2) is 0 Å². The van der Waals surface area contributed by atoms with E-state index in [1.807, 2.05) is 24.3 Å². The number of ether oxygens (including phenoxy) is 2. The number of carbonyl (C=O) groups is 2. The predicted octanol–water partition coefficient (Wildman–Crippen LogP) is 3.03. The number of aliphatic hydroxyl groups is 1. The zero-order chi connectivity index (χ0) is 25.9. The van der Waals surface area contributed by atoms with E-state index in [4.69, 9.17) is 9.47 Å². The second-order valence-corrected chi connectivity index (χ2v) is 8.89. The van der Waals surface area contributed by atoms with E-state index in [-0.39, 0.29) is 18.2 Å². The fourth-order valence-electron chi connectivity index (χ4n) is 3.67. The van der Waals surface area contributed by atoms with Gasteiger partial charge in [-0.2, -0.15) is 0 Å². The Hall–Kier alpha value is -4.35. The topological polar surface area (TPSA) is 101 Å². The third-order valence-electron chi connectivity index (χ3n) is 5.57. The maximum Gasteiger partial charge on any atom is 0.270 e. The summed E-state index contributed by atoms with van der Waals surface area (Å²) in [6.07, 6.45) is 1.55. The molecule has 0 radical (unpaired) electrons. The van der Waals surface area contributed by atoms with Gasteiger partial charge in [-0.05, 0) is 67.4 Å². The second-order valence-electron chi connectivity index (χ2n) is 8.89. The highest BCUT2D eigenvalue weighted by molar-refractivity contribution is 6.03. The van der Waals surface area contributed by atoms with Crippen LogP contribution in [0, 0.1) is 11.8 Å². The molecule has 2 heterocycles. The van der Waals surface area contributed by atoms with Crippen molar-refractivity contribution in [1.82, 2.24) is 10.3 Å². The molecule has 8 heteroatoms. The van der Waals surface area contributed by atoms with Gasteiger partial charge < -0.3 is 24.8 Å². The molecule has 8 nitrogen and oxygen atoms in total. The van der Waals surface area contributed by atoms with Crippen LogP contribution in [0.15, 0.2) is 60.8 Å². The molecule has 0 saturated carbocycles. The Morgan fingerprint density at radius 2 is 1.97 bits per heavy atom. The average Bonchev–Trinajstić information content (AvgIpc) is 2.99. The molecule has 1 atom stereocenters. The van der Waals surface area contributed by atoms with E-state index in [2.05, 4.69) is 22.1 Å². The lowest BCUT2D eigenvalue weighted by atomic mass is 10.1. The lowest BCUT2D eigenvalue weighted by Crippen LogP contribution is -2.49. The molecule has 1 aliphatic heterocycles. The molecule has 0 bridgehead atoms. The largest absolute Gasteiger partial charge is 0.497 e. The number of rotatable bonds is 4. The zero-order valence-corrected chi connectivity index (χ0v) is 20.5. The minimum absolute atomic E-state index is 0.0355. The van der Waals surface area contributed by atoms with Crippen LogP contribution in [0.3, 0.4) is 0 Å². The number of nitrogens with one attached hydrogen (secondary N) is 1. The lowest BCUT2D eigenvalue weighted by Gasteiger charge is -2.20. The normalized spacial score (nSPS) is 15.1. The molecular formula is C28H27N3O5. The number of fused-ring (bicyclic) bond motifs is 1. The number of hydrogen-bond donors (Lipinski definition) is 2. The Bertz CT molecular complexity index is 1370. The average molecular weight is 486 g/mol. The van der Waals surface area contributed by atoms with E-state index in [9.17, 15) is 14.7 Å². The van der Waals surface area contributed by atoms with Gasteiger partial charge in [0.15, 0.2) is 0 Å². The van der Waals surface area contributed by atoms with Crippen LogP contribution in [0.5, 0.6) is 11.5 Å². The van der Waals surface area contributed by atoms with Crippen LogP contribution in [-0.2, 0) is 4.79 Å². The highest BCUT2D eigenvalue weighted by atomic mass is 16.5. The number of benzene rings is 2. The Kier molecular flexibility index (Phi) is 6.95. The van der Waals surface area contributed by atoms with Crippen molar-refractivity contribution >= 4 is 17.5 Å². The van der Waals surface area contributed by atoms with E-state index in [1.54, 1.807) is 64.5 Å². The van der Waals surface area contributed by atoms with E-state index in [0.717, 1.165) is 11.1 Å². The SMILES string of the molecule is COc1cccc(-c2ccnc(C(=O)NC3COc4ccc(C#CC(C)(C)O)cc4N(C)C3=O)c2)c1. The Morgan fingerprint density at radius 1 is 1.19 bits per heavy atom. The number of carbonyl (C=O) groups excluding carboxylic acids is 2. The summed E-state index contributed by atoms with van der Waals surface area (Å²) in [5, 5.41) is 12.6. The maximum atomic E-state index is 13.2. The highest BCUT2D eigenvalue weighted by Gasteiger charge is 2.31. The molecule has 0 spiro atoms. The van der Waals surface area contributed by atoms with Gasteiger partial charge in [0.05, 0.1) is 12.8 Å². The molecule has 1 aliphatic rings. The monoisotopic (exact) mass is 485 g/mol. The molecule has 0 saturated heterocycles. The van der Waals surface area contributed by atoms with Crippen molar-refractivity contribution in [2.75, 3.05) is 25.7 Å². The number of pyridine rings is 1. The first-order valence-corrected chi connectivity index (χ1v) is 11.4. The summed E-state index contributed by atoms with van der Waals surface area (Å²) in [7, 11) is 3.21. The van der Waals surface area contributed by atoms with E-state index in [1.165, 1.54) is 4.90 Å². The summed E-state index contributed by atoms with van der Waals surface area (Å²) in [4.78, 5) is 31.8. The van der Waals surface area contributed by atoms with Crippen molar-refractivity contribution in [3.8, 4) is 34.5 Å². The summed E-state index contributed by atoms with van der Waals surface area (Å²) in [5.74, 6) is 6.03. The number of hydrogen-bond acceptors (Lipinski definition) is 6. The van der Waals surface area contributed by atoms with Crippen molar-refractivity contribution < 1.29 is 24.2 Å². The summed E-state index contributed by atoms with van der Waals surface area (Å²) >= 11 is 0. The fourth-order valence-corrected chi connectivity index (χ4v) is 3.67. The third kappa shape index (κ3) is 5.65. The van der Waals surface area contributed by atoms with Crippen LogP contribution < -0.4 is 19.7 Å². The standard InChI is InChI=1S/C28H27N3O5/c1-28(2,34)12-10-18-8-9-25-24(14-18)31(3)27(33)23(17-36-25)30-26(32)22-16-20(11-13-29-22)19-6-5-7-21(15-19)35-4/h5-9,11,13-16,23,34H,17H2,1-4H3,(H,30,32). The molecule has 1 unspecified atom stereocenters. The van der Waals surface area contributed by atoms with Gasteiger partial charge in [-0.1, -0.05) is 24.0 Å². The van der Waals surface area contributed by atoms with Crippen molar-refractivity contribution in [2.24, 2.45) is 0 Å². The first-order valence-electron chi connectivity index (χ1n) is 11.4. The molecule has 3 aromatic rings. The number of methoxy groups -OCH3 is 1. The first kappa shape index (κ1) is 24.8. The minimum atomic E-state index is -1.14. The summed E-state index contributed by atoms with van der Waals surface area (Å²) in [5.41, 5.74) is 1.85. The minimum Gasteiger partial charge on any atom is -0.497 e. The summed E-state index contributed by atoms with van der Waals surface area (Å²) in [6.45, 7) is 3.15. The third-order valence-corrected chi connectivity index (χ3v) is 5.57. The van der Waals surface area contributed by atoms with Gasteiger partial charge in [0.25, 0.3) is 11.8 Å². The van der Waals surface area contributed by atoms with Crippen molar-refractivity contribution in [3.05, 3.63) is 72.1 Å². The van der Waals surface area contributed by atoms with Crippen LogP contribution >= 0.6 is 0 Å². The van der Waals surface area contributed by atoms with E-state index < -0.39 is 17.6 Å². The lowest BCUT2D eigenvalue weighted by molar-refractivity contribution is -0.120. The smallest absolute Gasteiger partial charge is 0.270 e. The number of nitrogens with zero attached hydrogens (tertiary/aromatic N) is 2. The van der Waals surface area contributed by atoms with Crippen LogP contribution in [0.2, 0.25) is 0 Å². The number of aromatic nitrogens is 1. The maximum absolute atomic E-state index is 13.2. The molecular weight excluding hydrogens is 458 g/mol. The quantitative estimate of drug-likeness (QED) is 0.551. The summed E-state index contributed by atoms with van der Waals surface area (Å²) < 4.78 is 11.1. The Labute approximate surface area is 209 Å². The Morgan fingerprint density at radius 3 is 2.72 bits per heavy atom. The molecule has 36 heavy (non-hydrogen) atoms. The molecule has 1 aromatic heterocycles. The van der Waals surface area contributed by atoms with E-state index in [0.29, 0.717) is 22.7 Å². The van der Waals surface area contributed by atoms with Gasteiger partial charge >= 0.3 is 0 Å². The molecule has 2 N–H and O–H groups in total. The fraction of sp³-hybridized carbons (Fsp3) is 0.250. The van der Waals surface area contributed by atoms with Gasteiger partial charge in [0, 0.05) is 18.8 Å². The van der Waals surface area contributed by atoms with Gasteiger partial charge in [0.1, 0.15) is 35.4 Å². The molecule has 2 amide bonds. The highest BCUT2D eigenvalue weighted by Crippen LogP contribution is 2.31. The number of likely N-dealkylation sites (N-methyl/N-ethyl adjacent to an activating group) is 1. The summed E-state index contributed by atoms with van der Waals surface area (Å²) in [6, 6.07) is 15.2. The van der Waals surface area contributed by atoms with Crippen molar-refractivity contribution in [1.29, 1.82) is 0 Å². The van der Waals surface area contributed by atoms with Crippen LogP contribution in [0.4, 0.5) is 5.69 Å². The van der Waals surface area contributed by atoms with Crippen LogP contribution in [0.25, 0.3) is 11.1 Å². The van der Waals surface area contributed by atoms with Gasteiger partial charge in [-0.3, -0.25) is 14.6 Å². The number of anilines is 1. The molecule has 0 aliphatic carbocycles. The molecule has 2 aromatic carbocycles. The van der Waals surface area contributed by atoms with Crippen molar-refractivity contribution in [2.45, 2.75) is 25.5 Å². The van der Waals surface area contributed by atoms with Gasteiger partial charge in [-0.15, -0.1) is 0 Å². The molecule has 0 fully saturated rings. The Balaban J connectivity index is 1.52. The first-order chi connectivity index (χ1) is 17.1. The van der Waals surface area contributed by atoms with Crippen LogP contribution in [0.1, 0.15) is 29.9 Å². The second kappa shape index (κ2) is 10.1. The van der Waals surface area contributed by atoms with Gasteiger partial charge in [0.2, 0.25) is 0 Å². The molecule has 184 valence electrons. The van der Waals surface area contributed by atoms with Crippen LogP contribution in [-0.4, -0.2) is 54.3 Å². The number of amides is 2. The van der Waals surface area contributed by atoms with Crippen molar-refractivity contribution in [3.63, 3.8) is 0 Å². The van der Waals surface area contributed by atoms with E-state index >= 15 is 0 Å². The zero-order valence-electron chi connectivity index (χ0n) is 20.5. The predicted molar refractivity (Wildman–Crippen MR) is 136 cm³/mol. The molecule has 4 rings (SSSR count).